The van der Waals surface area contributed by atoms with Gasteiger partial charge in [-0.3, -0.25) is 14.4 Å². The lowest BCUT2D eigenvalue weighted by molar-refractivity contribution is -0.346. The Kier molecular flexibility index (Phi) is 14.6. The van der Waals surface area contributed by atoms with Gasteiger partial charge in [-0.1, -0.05) is 68.8 Å². The van der Waals surface area contributed by atoms with E-state index in [0.717, 1.165) is 6.92 Å². The zero-order valence-corrected chi connectivity index (χ0v) is 38.9. The van der Waals surface area contributed by atoms with Crippen molar-refractivity contribution in [1.82, 2.24) is 5.32 Å². The SMILES string of the molecule is CC(=O)O[C@@]12CO[C@@H]1C[C@H](O)[C@@]1(C)C(=O)[C@H](O)C3=C(C)[C@@H](OC(=O)[C@H](OC(=O)CCCCCN)[C@@H](NC(=O)OC(C)(C)C)c4ccccc4)C[C@@](O)([C@@H](OC(=O)c4ccccc4)[C@H]21)C3(C)C. The van der Waals surface area contributed by atoms with E-state index >= 15 is 4.79 Å². The van der Waals surface area contributed by atoms with Crippen LogP contribution >= 0.6 is 0 Å². The van der Waals surface area contributed by atoms with Crippen molar-refractivity contribution in [2.75, 3.05) is 13.2 Å². The van der Waals surface area contributed by atoms with E-state index in [1.165, 1.54) is 26.0 Å². The number of nitrogens with two attached hydrogens (primary N) is 1. The summed E-state index contributed by atoms with van der Waals surface area (Å²) in [5, 5.41) is 40.7. The molecule has 3 aliphatic carbocycles. The number of aliphatic hydroxyl groups excluding tert-OH is 2. The fraction of sp³-hybridized carbons (Fsp3) is 0.592. The number of nitrogens with one attached hydrogen (secondary N) is 1. The van der Waals surface area contributed by atoms with Gasteiger partial charge in [0.15, 0.2) is 11.4 Å². The van der Waals surface area contributed by atoms with Gasteiger partial charge in [0.25, 0.3) is 0 Å². The maximum Gasteiger partial charge on any atom is 0.408 e. The van der Waals surface area contributed by atoms with Crippen LogP contribution in [0.25, 0.3) is 0 Å². The van der Waals surface area contributed by atoms with Crippen molar-refractivity contribution >= 4 is 35.8 Å². The Balaban J connectivity index is 1.51. The molecule has 2 saturated carbocycles. The van der Waals surface area contributed by atoms with Crippen LogP contribution in [0.5, 0.6) is 0 Å². The van der Waals surface area contributed by atoms with E-state index in [-0.39, 0.29) is 36.2 Å². The van der Waals surface area contributed by atoms with Crippen LogP contribution in [0.1, 0.15) is 116 Å². The van der Waals surface area contributed by atoms with Crippen molar-refractivity contribution in [3.05, 3.63) is 82.9 Å². The largest absolute Gasteiger partial charge is 0.455 e. The Bertz CT molecular complexity index is 2190. The number of alkyl carbamates (subject to hydrolysis) is 1. The summed E-state index contributed by atoms with van der Waals surface area (Å²) in [7, 11) is 0. The van der Waals surface area contributed by atoms with E-state index in [9.17, 15) is 39.3 Å². The Morgan fingerprint density at radius 1 is 0.939 bits per heavy atom. The van der Waals surface area contributed by atoms with Crippen LogP contribution in [0.15, 0.2) is 71.8 Å². The number of benzene rings is 2. The smallest absolute Gasteiger partial charge is 0.408 e. The summed E-state index contributed by atoms with van der Waals surface area (Å²) in [6.07, 6.45) is -10.0. The summed E-state index contributed by atoms with van der Waals surface area (Å²) >= 11 is 0. The number of unbranched alkanes of at least 4 members (excludes halogenated alkanes) is 2. The van der Waals surface area contributed by atoms with Crippen molar-refractivity contribution in [3.63, 3.8) is 0 Å². The first-order valence-electron chi connectivity index (χ1n) is 22.5. The van der Waals surface area contributed by atoms with Gasteiger partial charge in [-0.25, -0.2) is 14.4 Å². The third-order valence-corrected chi connectivity index (χ3v) is 13.9. The number of carbonyl (C=O) groups is 6. The fourth-order valence-corrected chi connectivity index (χ4v) is 10.5. The molecule has 1 amide bonds. The van der Waals surface area contributed by atoms with Crippen molar-refractivity contribution in [2.45, 2.75) is 153 Å². The second-order valence-corrected chi connectivity index (χ2v) is 19.6. The minimum atomic E-state index is -2.40. The lowest BCUT2D eigenvalue weighted by Gasteiger charge is -2.67. The highest BCUT2D eigenvalue weighted by molar-refractivity contribution is 5.94. The number of hydrogen-bond donors (Lipinski definition) is 5. The number of fused-ring (bicyclic) bond motifs is 5. The number of amides is 1. The van der Waals surface area contributed by atoms with Gasteiger partial charge >= 0.3 is 30.0 Å². The maximum absolute atomic E-state index is 15.2. The van der Waals surface area contributed by atoms with Crippen LogP contribution in [0.4, 0.5) is 4.79 Å². The molecule has 2 aromatic rings. The van der Waals surface area contributed by atoms with Crippen molar-refractivity contribution in [2.24, 2.45) is 22.5 Å². The molecule has 360 valence electrons. The topological polar surface area (TPSA) is 257 Å². The van der Waals surface area contributed by atoms with Gasteiger partial charge in [-0.15, -0.1) is 0 Å². The second-order valence-electron chi connectivity index (χ2n) is 19.6. The molecule has 2 aromatic carbocycles. The van der Waals surface area contributed by atoms with Gasteiger partial charge in [-0.05, 0) is 82.8 Å². The molecule has 1 heterocycles. The number of ketones is 1. The summed E-state index contributed by atoms with van der Waals surface area (Å²) in [5.74, 6) is -6.17. The van der Waals surface area contributed by atoms with Gasteiger partial charge in [0.1, 0.15) is 41.7 Å². The minimum Gasteiger partial charge on any atom is -0.455 e. The molecule has 3 fully saturated rings. The van der Waals surface area contributed by atoms with Crippen molar-refractivity contribution in [1.29, 1.82) is 0 Å². The number of aliphatic hydroxyl groups is 3. The summed E-state index contributed by atoms with van der Waals surface area (Å²) in [6.45, 7) is 12.2. The highest BCUT2D eigenvalue weighted by Crippen LogP contribution is 2.64. The molecule has 4 aliphatic rings. The van der Waals surface area contributed by atoms with Crippen molar-refractivity contribution in [3.8, 4) is 0 Å². The molecular formula is C49H64N2O15. The van der Waals surface area contributed by atoms with Crippen LogP contribution in [-0.2, 0) is 47.6 Å². The highest BCUT2D eigenvalue weighted by Gasteiger charge is 2.78. The summed E-state index contributed by atoms with van der Waals surface area (Å²) in [4.78, 5) is 84.4. The van der Waals surface area contributed by atoms with E-state index in [1.807, 2.05) is 0 Å². The van der Waals surface area contributed by atoms with Gasteiger partial charge in [0.2, 0.25) is 6.10 Å². The van der Waals surface area contributed by atoms with Gasteiger partial charge in [0, 0.05) is 31.6 Å². The number of esters is 4. The molecular weight excluding hydrogens is 857 g/mol. The average Bonchev–Trinajstić information content (AvgIpc) is 3.24. The molecule has 17 nitrogen and oxygen atoms in total. The van der Waals surface area contributed by atoms with Crippen LogP contribution in [-0.4, -0.2) is 118 Å². The van der Waals surface area contributed by atoms with Crippen LogP contribution in [0.2, 0.25) is 0 Å². The molecule has 0 aromatic heterocycles. The number of hydrogen-bond acceptors (Lipinski definition) is 16. The van der Waals surface area contributed by atoms with Gasteiger partial charge in [-0.2, -0.15) is 0 Å². The molecule has 66 heavy (non-hydrogen) atoms. The van der Waals surface area contributed by atoms with Gasteiger partial charge in [0.05, 0.1) is 29.6 Å². The third-order valence-electron chi connectivity index (χ3n) is 13.9. The molecule has 17 heteroatoms. The highest BCUT2D eigenvalue weighted by atomic mass is 16.6. The lowest BCUT2D eigenvalue weighted by Crippen LogP contribution is -2.81. The lowest BCUT2D eigenvalue weighted by atomic mass is 9.44. The standard InChI is InChI=1S/C49H64N2O15/c1-27-31(62-43(58)38(63-34(54)22-16-11-17-23-50)36(29-18-12-9-13-19-29)51-44(59)66-45(3,4)5)25-49(60)41(64-42(57)30-20-14-10-15-21-30)39-47(8,40(56)37(55)35(27)46(49,6)7)32(53)24-33-48(39,26-61-33)65-28(2)52/h9-10,12-15,18-21,31-33,36-39,41,53,55,60H,11,16-17,22-26,50H2,1-8H3,(H,51,59)/t31-,32-,33+,36-,37+,38+,39-,41-,47+,48-,49+/m0/s1. The number of rotatable bonds is 14. The fourth-order valence-electron chi connectivity index (χ4n) is 10.5. The maximum atomic E-state index is 15.2. The first kappa shape index (κ1) is 50.2. The normalized spacial score (nSPS) is 30.9. The summed E-state index contributed by atoms with van der Waals surface area (Å²) in [5.41, 5.74) is -2.75. The Labute approximate surface area is 384 Å². The monoisotopic (exact) mass is 920 g/mol. The third kappa shape index (κ3) is 9.37. The van der Waals surface area contributed by atoms with Crippen LogP contribution < -0.4 is 11.1 Å². The Morgan fingerprint density at radius 3 is 2.15 bits per heavy atom. The molecule has 0 radical (unpaired) electrons. The zero-order valence-electron chi connectivity index (χ0n) is 38.9. The predicted octanol–water partition coefficient (Wildman–Crippen LogP) is 4.33. The Morgan fingerprint density at radius 2 is 1.58 bits per heavy atom. The minimum absolute atomic E-state index is 0.0659. The molecule has 2 bridgehead atoms. The van der Waals surface area contributed by atoms with Crippen LogP contribution in [0.3, 0.4) is 0 Å². The van der Waals surface area contributed by atoms with E-state index in [2.05, 4.69) is 5.32 Å². The predicted molar refractivity (Wildman–Crippen MR) is 235 cm³/mol. The van der Waals surface area contributed by atoms with Crippen molar-refractivity contribution < 1.29 is 72.5 Å². The zero-order chi connectivity index (χ0) is 48.6. The van der Waals surface area contributed by atoms with Crippen LogP contribution in [0, 0.1) is 16.7 Å². The number of ether oxygens (including phenoxy) is 6. The van der Waals surface area contributed by atoms with E-state index in [4.69, 9.17) is 34.2 Å². The quantitative estimate of drug-likeness (QED) is 0.0765. The molecule has 1 aliphatic heterocycles. The number of carbonyl (C=O) groups excluding carboxylic acids is 6. The Hall–Kier alpha value is -5.20. The van der Waals surface area contributed by atoms with E-state index < -0.39 is 118 Å². The molecule has 0 spiro atoms. The second kappa shape index (κ2) is 19.2. The molecule has 6 N–H and O–H groups in total. The molecule has 6 rings (SSSR count). The molecule has 0 unspecified atom stereocenters. The first-order chi connectivity index (χ1) is 30.9. The van der Waals surface area contributed by atoms with E-state index in [0.29, 0.717) is 31.4 Å². The average molecular weight is 921 g/mol. The van der Waals surface area contributed by atoms with Gasteiger partial charge < -0.3 is 54.8 Å². The molecule has 11 atom stereocenters. The summed E-state index contributed by atoms with van der Waals surface area (Å²) in [6, 6.07) is 14.7. The number of Topliss-reactive ketones (excluding diaryl/α,β-unsaturated/α-hetero) is 1. The summed E-state index contributed by atoms with van der Waals surface area (Å²) < 4.78 is 36.1. The molecule has 1 saturated heterocycles. The van der Waals surface area contributed by atoms with E-state index in [1.54, 1.807) is 83.1 Å². The first-order valence-corrected chi connectivity index (χ1v) is 22.5.